The lowest BCUT2D eigenvalue weighted by molar-refractivity contribution is -0.121. The van der Waals surface area contributed by atoms with Gasteiger partial charge in [-0.05, 0) is 25.0 Å². The molecule has 0 unspecified atom stereocenters. The Hall–Kier alpha value is -0.580. The minimum Gasteiger partial charge on any atom is -0.351 e. The van der Waals surface area contributed by atoms with Crippen molar-refractivity contribution >= 4 is 28.8 Å². The molecule has 0 bridgehead atoms. The summed E-state index contributed by atoms with van der Waals surface area (Å²) in [4.78, 5) is 12.5. The second-order valence-corrected chi connectivity index (χ2v) is 5.76. The Kier molecular flexibility index (Phi) is 4.21. The Morgan fingerprint density at radius 2 is 2.31 bits per heavy atom. The number of rotatable bonds is 6. The molecule has 1 aromatic rings. The smallest absolute Gasteiger partial charge is 0.221 e. The first kappa shape index (κ1) is 11.9. The number of hydrogen-bond donors (Lipinski definition) is 2. The molecule has 1 aliphatic carbocycles. The lowest BCUT2D eigenvalue weighted by atomic mass is 10.3. The van der Waals surface area contributed by atoms with Crippen LogP contribution < -0.4 is 10.6 Å². The molecule has 0 aromatic carbocycles. The Balaban J connectivity index is 1.59. The van der Waals surface area contributed by atoms with Crippen LogP contribution in [0, 0.1) is 0 Å². The molecule has 0 saturated heterocycles. The summed E-state index contributed by atoms with van der Waals surface area (Å²) in [5, 5.41) is 6.19. The third-order valence-electron chi connectivity index (χ3n) is 2.45. The van der Waals surface area contributed by atoms with Gasteiger partial charge >= 0.3 is 0 Å². The van der Waals surface area contributed by atoms with E-state index in [0.29, 0.717) is 19.0 Å². The van der Waals surface area contributed by atoms with E-state index in [9.17, 15) is 4.79 Å². The molecule has 3 nitrogen and oxygen atoms in total. The minimum atomic E-state index is 0.0951. The lowest BCUT2D eigenvalue weighted by Gasteiger charge is -2.04. The highest BCUT2D eigenvalue weighted by molar-refractivity contribution is 7.16. The van der Waals surface area contributed by atoms with Gasteiger partial charge in [-0.3, -0.25) is 4.79 Å². The molecular formula is C11H15ClN2OS. The molecule has 2 N–H and O–H groups in total. The molecule has 0 aliphatic heterocycles. The van der Waals surface area contributed by atoms with Gasteiger partial charge in [0, 0.05) is 23.9 Å². The maximum Gasteiger partial charge on any atom is 0.221 e. The predicted molar refractivity (Wildman–Crippen MR) is 66.8 cm³/mol. The van der Waals surface area contributed by atoms with E-state index in [-0.39, 0.29) is 5.91 Å². The van der Waals surface area contributed by atoms with Crippen molar-refractivity contribution in [3.8, 4) is 0 Å². The fourth-order valence-corrected chi connectivity index (χ4v) is 2.43. The normalized spacial score (nSPS) is 15.1. The van der Waals surface area contributed by atoms with Gasteiger partial charge < -0.3 is 10.6 Å². The highest BCUT2D eigenvalue weighted by Gasteiger charge is 2.19. The van der Waals surface area contributed by atoms with Gasteiger partial charge in [-0.15, -0.1) is 11.3 Å². The number of nitrogens with one attached hydrogen (secondary N) is 2. The highest BCUT2D eigenvalue weighted by Crippen LogP contribution is 2.21. The van der Waals surface area contributed by atoms with Gasteiger partial charge in [-0.2, -0.15) is 0 Å². The molecule has 88 valence electrons. The van der Waals surface area contributed by atoms with Crippen LogP contribution in [0.1, 0.15) is 24.1 Å². The molecule has 0 spiro atoms. The number of hydrogen-bond acceptors (Lipinski definition) is 3. The van der Waals surface area contributed by atoms with Crippen LogP contribution in [0.15, 0.2) is 12.1 Å². The van der Waals surface area contributed by atoms with Crippen molar-refractivity contribution in [2.75, 3.05) is 6.54 Å². The SMILES string of the molecule is O=C(CCNC1CC1)NCc1ccc(Cl)s1. The molecule has 5 heteroatoms. The van der Waals surface area contributed by atoms with Crippen LogP contribution >= 0.6 is 22.9 Å². The van der Waals surface area contributed by atoms with E-state index in [0.717, 1.165) is 15.8 Å². The van der Waals surface area contributed by atoms with Crippen LogP contribution in [0.3, 0.4) is 0 Å². The summed E-state index contributed by atoms with van der Waals surface area (Å²) in [5.74, 6) is 0.0951. The zero-order valence-electron chi connectivity index (χ0n) is 8.96. The summed E-state index contributed by atoms with van der Waals surface area (Å²) in [6, 6.07) is 4.46. The third-order valence-corrected chi connectivity index (χ3v) is 3.68. The first-order valence-electron chi connectivity index (χ1n) is 5.48. The van der Waals surface area contributed by atoms with E-state index in [1.54, 1.807) is 0 Å². The number of amides is 1. The lowest BCUT2D eigenvalue weighted by Crippen LogP contribution is -2.27. The first-order chi connectivity index (χ1) is 7.74. The van der Waals surface area contributed by atoms with Crippen LogP contribution in [0.5, 0.6) is 0 Å². The van der Waals surface area contributed by atoms with Gasteiger partial charge in [-0.1, -0.05) is 11.6 Å². The van der Waals surface area contributed by atoms with E-state index in [2.05, 4.69) is 10.6 Å². The average Bonchev–Trinajstić information content (AvgIpc) is 2.98. The fourth-order valence-electron chi connectivity index (χ4n) is 1.40. The van der Waals surface area contributed by atoms with E-state index in [1.165, 1.54) is 24.2 Å². The van der Waals surface area contributed by atoms with Crippen molar-refractivity contribution in [2.45, 2.75) is 31.8 Å². The molecule has 1 amide bonds. The minimum absolute atomic E-state index is 0.0951. The van der Waals surface area contributed by atoms with Crippen LogP contribution in [0.25, 0.3) is 0 Å². The molecule has 0 atom stereocenters. The van der Waals surface area contributed by atoms with E-state index in [4.69, 9.17) is 11.6 Å². The molecule has 1 heterocycles. The van der Waals surface area contributed by atoms with E-state index in [1.807, 2.05) is 12.1 Å². The summed E-state index contributed by atoms with van der Waals surface area (Å²) >= 11 is 7.30. The summed E-state index contributed by atoms with van der Waals surface area (Å²) in [5.41, 5.74) is 0. The number of halogens is 1. The Bertz CT molecular complexity index is 363. The Labute approximate surface area is 104 Å². The van der Waals surface area contributed by atoms with Crippen molar-refractivity contribution < 1.29 is 4.79 Å². The Morgan fingerprint density at radius 1 is 1.50 bits per heavy atom. The number of thiophene rings is 1. The van der Waals surface area contributed by atoms with Crippen molar-refractivity contribution in [3.63, 3.8) is 0 Å². The first-order valence-corrected chi connectivity index (χ1v) is 6.68. The van der Waals surface area contributed by atoms with Crippen LogP contribution in [0.4, 0.5) is 0 Å². The predicted octanol–water partition coefficient (Wildman–Crippen LogP) is 2.16. The van der Waals surface area contributed by atoms with Crippen molar-refractivity contribution in [1.82, 2.24) is 10.6 Å². The zero-order valence-corrected chi connectivity index (χ0v) is 10.5. The average molecular weight is 259 g/mol. The van der Waals surface area contributed by atoms with E-state index < -0.39 is 0 Å². The monoisotopic (exact) mass is 258 g/mol. The second-order valence-electron chi connectivity index (χ2n) is 3.96. The van der Waals surface area contributed by atoms with Gasteiger partial charge in [0.15, 0.2) is 0 Å². The van der Waals surface area contributed by atoms with Crippen molar-refractivity contribution in [3.05, 3.63) is 21.3 Å². The van der Waals surface area contributed by atoms with Gasteiger partial charge in [0.25, 0.3) is 0 Å². The van der Waals surface area contributed by atoms with Crippen LogP contribution in [-0.2, 0) is 11.3 Å². The van der Waals surface area contributed by atoms with Crippen molar-refractivity contribution in [2.24, 2.45) is 0 Å². The molecule has 0 radical (unpaired) electrons. The van der Waals surface area contributed by atoms with Crippen LogP contribution in [0.2, 0.25) is 4.34 Å². The molecule has 2 rings (SSSR count). The summed E-state index contributed by atoms with van der Waals surface area (Å²) in [6.07, 6.45) is 3.07. The fraction of sp³-hybridized carbons (Fsp3) is 0.545. The zero-order chi connectivity index (χ0) is 11.4. The molecule has 1 aliphatic rings. The maximum atomic E-state index is 11.4. The van der Waals surface area contributed by atoms with E-state index >= 15 is 0 Å². The quantitative estimate of drug-likeness (QED) is 0.821. The standard InChI is InChI=1S/C11H15ClN2OS/c12-10-4-3-9(16-10)7-14-11(15)5-6-13-8-1-2-8/h3-4,8,13H,1-2,5-7H2,(H,14,15). The number of carbonyl (C=O) groups is 1. The second kappa shape index (κ2) is 5.66. The molecule has 1 fully saturated rings. The summed E-state index contributed by atoms with van der Waals surface area (Å²) in [7, 11) is 0. The van der Waals surface area contributed by atoms with Gasteiger partial charge in [0.1, 0.15) is 0 Å². The Morgan fingerprint density at radius 3 is 2.94 bits per heavy atom. The number of carbonyl (C=O) groups excluding carboxylic acids is 1. The third kappa shape index (κ3) is 4.12. The van der Waals surface area contributed by atoms with Gasteiger partial charge in [-0.25, -0.2) is 0 Å². The van der Waals surface area contributed by atoms with Crippen LogP contribution in [-0.4, -0.2) is 18.5 Å². The molecular weight excluding hydrogens is 244 g/mol. The van der Waals surface area contributed by atoms with Gasteiger partial charge in [0.2, 0.25) is 5.91 Å². The topological polar surface area (TPSA) is 41.1 Å². The van der Waals surface area contributed by atoms with Gasteiger partial charge in [0.05, 0.1) is 10.9 Å². The highest BCUT2D eigenvalue weighted by atomic mass is 35.5. The summed E-state index contributed by atoms with van der Waals surface area (Å²) < 4.78 is 0.764. The van der Waals surface area contributed by atoms with Crippen molar-refractivity contribution in [1.29, 1.82) is 0 Å². The molecule has 16 heavy (non-hydrogen) atoms. The molecule has 1 saturated carbocycles. The largest absolute Gasteiger partial charge is 0.351 e. The molecule has 1 aromatic heterocycles. The maximum absolute atomic E-state index is 11.4. The summed E-state index contributed by atoms with van der Waals surface area (Å²) in [6.45, 7) is 1.36.